The molecule has 2 aromatic carbocycles. The van der Waals surface area contributed by atoms with Crippen molar-refractivity contribution < 1.29 is 9.47 Å². The van der Waals surface area contributed by atoms with E-state index in [-0.39, 0.29) is 0 Å². The highest BCUT2D eigenvalue weighted by Gasteiger charge is 2.07. The molecule has 1 N–H and O–H groups in total. The van der Waals surface area contributed by atoms with Gasteiger partial charge in [0, 0.05) is 5.39 Å². The van der Waals surface area contributed by atoms with Crippen LogP contribution < -0.4 is 14.9 Å². The topological polar surface area (TPSA) is 55.7 Å². The fraction of sp³-hybridized carbons (Fsp3) is 0.100. The highest BCUT2D eigenvalue weighted by Crippen LogP contribution is 2.25. The zero-order chi connectivity index (χ0) is 17.5. The first-order valence-corrected chi connectivity index (χ1v) is 7.87. The number of hydrazone groups is 1. The Morgan fingerprint density at radius 2 is 2.00 bits per heavy atom. The second-order valence-corrected chi connectivity index (χ2v) is 5.28. The largest absolute Gasteiger partial charge is 0.497 e. The standard InChI is InChI=1S/C20H19N3O2/c1-3-11-25-20-16(14-21-23-17-7-5-4-6-8-17)12-15-13-18(24-2)9-10-19(15)22-20/h3-10,12-14,23H,1,11H2,2H3/b21-14+. The zero-order valence-electron chi connectivity index (χ0n) is 14.0. The summed E-state index contributed by atoms with van der Waals surface area (Å²) in [5.41, 5.74) is 5.49. The summed E-state index contributed by atoms with van der Waals surface area (Å²) in [6.07, 6.45) is 3.38. The van der Waals surface area contributed by atoms with E-state index in [1.807, 2.05) is 54.6 Å². The van der Waals surface area contributed by atoms with E-state index in [1.54, 1.807) is 19.4 Å². The summed E-state index contributed by atoms with van der Waals surface area (Å²) in [6, 6.07) is 17.4. The Labute approximate surface area is 146 Å². The lowest BCUT2D eigenvalue weighted by atomic mass is 10.1. The summed E-state index contributed by atoms with van der Waals surface area (Å²) in [7, 11) is 1.64. The van der Waals surface area contributed by atoms with Gasteiger partial charge in [-0.15, -0.1) is 0 Å². The van der Waals surface area contributed by atoms with E-state index < -0.39 is 0 Å². The first kappa shape index (κ1) is 16.5. The Balaban J connectivity index is 1.93. The van der Waals surface area contributed by atoms with Gasteiger partial charge >= 0.3 is 0 Å². The number of aromatic nitrogens is 1. The van der Waals surface area contributed by atoms with Crippen molar-refractivity contribution in [1.29, 1.82) is 0 Å². The van der Waals surface area contributed by atoms with Crippen molar-refractivity contribution in [3.05, 3.63) is 72.8 Å². The summed E-state index contributed by atoms with van der Waals surface area (Å²) in [4.78, 5) is 4.57. The van der Waals surface area contributed by atoms with Crippen LogP contribution in [0.25, 0.3) is 10.9 Å². The van der Waals surface area contributed by atoms with Gasteiger partial charge in [0.1, 0.15) is 12.4 Å². The fourth-order valence-electron chi connectivity index (χ4n) is 2.32. The summed E-state index contributed by atoms with van der Waals surface area (Å²) in [6.45, 7) is 4.05. The van der Waals surface area contributed by atoms with Crippen molar-refractivity contribution >= 4 is 22.8 Å². The van der Waals surface area contributed by atoms with Crippen LogP contribution >= 0.6 is 0 Å². The lowest BCUT2D eigenvalue weighted by Gasteiger charge is -2.09. The third-order valence-corrected chi connectivity index (χ3v) is 3.52. The molecular weight excluding hydrogens is 314 g/mol. The second kappa shape index (κ2) is 7.97. The molecule has 126 valence electrons. The van der Waals surface area contributed by atoms with Gasteiger partial charge in [0.25, 0.3) is 0 Å². The molecule has 3 rings (SSSR count). The Morgan fingerprint density at radius 3 is 2.76 bits per heavy atom. The number of hydrogen-bond acceptors (Lipinski definition) is 5. The molecule has 5 heteroatoms. The van der Waals surface area contributed by atoms with Crippen LogP contribution in [0.3, 0.4) is 0 Å². The average Bonchev–Trinajstić information content (AvgIpc) is 2.66. The molecule has 0 aliphatic rings. The normalized spacial score (nSPS) is 10.8. The molecule has 3 aromatic rings. The molecule has 0 amide bonds. The summed E-state index contributed by atoms with van der Waals surface area (Å²) in [5.74, 6) is 1.29. The smallest absolute Gasteiger partial charge is 0.223 e. The van der Waals surface area contributed by atoms with Crippen LogP contribution in [-0.2, 0) is 0 Å². The Morgan fingerprint density at radius 1 is 1.16 bits per heavy atom. The summed E-state index contributed by atoms with van der Waals surface area (Å²) >= 11 is 0. The Hall–Kier alpha value is -3.34. The number of rotatable bonds is 7. The number of fused-ring (bicyclic) bond motifs is 1. The first-order chi connectivity index (χ1) is 12.3. The van der Waals surface area contributed by atoms with Crippen LogP contribution in [0.15, 0.2) is 72.4 Å². The molecular formula is C20H19N3O2. The van der Waals surface area contributed by atoms with Gasteiger partial charge in [0.15, 0.2) is 0 Å². The predicted molar refractivity (Wildman–Crippen MR) is 102 cm³/mol. The minimum Gasteiger partial charge on any atom is -0.497 e. The Bertz CT molecular complexity index is 892. The molecule has 25 heavy (non-hydrogen) atoms. The molecule has 0 radical (unpaired) electrons. The summed E-state index contributed by atoms with van der Waals surface area (Å²) < 4.78 is 11.0. The number of benzene rings is 2. The van der Waals surface area contributed by atoms with E-state index >= 15 is 0 Å². The minimum absolute atomic E-state index is 0.377. The molecule has 0 unspecified atom stereocenters. The molecule has 0 spiro atoms. The number of anilines is 1. The molecule has 0 fully saturated rings. The number of nitrogens with zero attached hydrogens (tertiary/aromatic N) is 2. The lowest BCUT2D eigenvalue weighted by Crippen LogP contribution is -2.01. The van der Waals surface area contributed by atoms with Crippen LogP contribution in [-0.4, -0.2) is 24.9 Å². The highest BCUT2D eigenvalue weighted by molar-refractivity contribution is 5.91. The molecule has 1 heterocycles. The maximum absolute atomic E-state index is 5.67. The van der Waals surface area contributed by atoms with Gasteiger partial charge < -0.3 is 9.47 Å². The van der Waals surface area contributed by atoms with Crippen molar-refractivity contribution in [1.82, 2.24) is 4.98 Å². The fourth-order valence-corrected chi connectivity index (χ4v) is 2.32. The van der Waals surface area contributed by atoms with E-state index in [2.05, 4.69) is 22.1 Å². The van der Waals surface area contributed by atoms with E-state index in [0.717, 1.165) is 27.9 Å². The third-order valence-electron chi connectivity index (χ3n) is 3.52. The average molecular weight is 333 g/mol. The van der Waals surface area contributed by atoms with Gasteiger partial charge in [-0.05, 0) is 36.4 Å². The molecule has 0 saturated carbocycles. The van der Waals surface area contributed by atoms with Crippen molar-refractivity contribution in [2.24, 2.45) is 5.10 Å². The predicted octanol–water partition coefficient (Wildman–Crippen LogP) is 4.25. The number of para-hydroxylation sites is 1. The van der Waals surface area contributed by atoms with Crippen LogP contribution in [0, 0.1) is 0 Å². The first-order valence-electron chi connectivity index (χ1n) is 7.87. The number of ether oxygens (including phenoxy) is 2. The lowest BCUT2D eigenvalue weighted by molar-refractivity contribution is 0.349. The molecule has 0 saturated heterocycles. The SMILES string of the molecule is C=CCOc1nc2ccc(OC)cc2cc1/C=N/Nc1ccccc1. The molecule has 0 aliphatic heterocycles. The highest BCUT2D eigenvalue weighted by atomic mass is 16.5. The van der Waals surface area contributed by atoms with Gasteiger partial charge in [0.05, 0.1) is 30.1 Å². The third kappa shape index (κ3) is 4.14. The molecule has 0 aliphatic carbocycles. The molecule has 5 nitrogen and oxygen atoms in total. The van der Waals surface area contributed by atoms with Gasteiger partial charge in [-0.25, -0.2) is 4.98 Å². The van der Waals surface area contributed by atoms with Crippen molar-refractivity contribution in [2.45, 2.75) is 0 Å². The zero-order valence-corrected chi connectivity index (χ0v) is 14.0. The second-order valence-electron chi connectivity index (χ2n) is 5.28. The van der Waals surface area contributed by atoms with Gasteiger partial charge in [-0.3, -0.25) is 5.43 Å². The van der Waals surface area contributed by atoms with Gasteiger partial charge in [-0.1, -0.05) is 30.9 Å². The van der Waals surface area contributed by atoms with Gasteiger partial charge in [0.2, 0.25) is 5.88 Å². The molecule has 0 bridgehead atoms. The van der Waals surface area contributed by atoms with Crippen LogP contribution in [0.5, 0.6) is 11.6 Å². The summed E-state index contributed by atoms with van der Waals surface area (Å²) in [5, 5.41) is 5.23. The number of methoxy groups -OCH3 is 1. The maximum Gasteiger partial charge on any atom is 0.223 e. The minimum atomic E-state index is 0.377. The molecule has 0 atom stereocenters. The van der Waals surface area contributed by atoms with Crippen LogP contribution in [0.1, 0.15) is 5.56 Å². The van der Waals surface area contributed by atoms with Crippen molar-refractivity contribution in [2.75, 3.05) is 19.1 Å². The van der Waals surface area contributed by atoms with E-state index in [9.17, 15) is 0 Å². The van der Waals surface area contributed by atoms with Crippen LogP contribution in [0.2, 0.25) is 0 Å². The number of hydrogen-bond donors (Lipinski definition) is 1. The number of pyridine rings is 1. The maximum atomic E-state index is 5.67. The number of nitrogens with one attached hydrogen (secondary N) is 1. The van der Waals surface area contributed by atoms with E-state index in [4.69, 9.17) is 9.47 Å². The molecule has 1 aromatic heterocycles. The van der Waals surface area contributed by atoms with Crippen LogP contribution in [0.4, 0.5) is 5.69 Å². The van der Waals surface area contributed by atoms with Gasteiger partial charge in [-0.2, -0.15) is 5.10 Å². The van der Waals surface area contributed by atoms with Crippen molar-refractivity contribution in [3.63, 3.8) is 0 Å². The van der Waals surface area contributed by atoms with E-state index in [0.29, 0.717) is 12.5 Å². The van der Waals surface area contributed by atoms with E-state index in [1.165, 1.54) is 0 Å². The monoisotopic (exact) mass is 333 g/mol. The van der Waals surface area contributed by atoms with Crippen molar-refractivity contribution in [3.8, 4) is 11.6 Å². The quantitative estimate of drug-likeness (QED) is 0.399. The Kier molecular flexibility index (Phi) is 5.26.